The molecule has 1 aliphatic rings. The molecular formula is C42H33N3. The van der Waals surface area contributed by atoms with Crippen molar-refractivity contribution >= 4 is 43.6 Å². The van der Waals surface area contributed by atoms with Crippen molar-refractivity contribution in [3.05, 3.63) is 139 Å². The Hall–Kier alpha value is -5.28. The molecule has 9 rings (SSSR count). The van der Waals surface area contributed by atoms with Crippen molar-refractivity contribution in [2.24, 2.45) is 0 Å². The van der Waals surface area contributed by atoms with Crippen LogP contribution in [0.2, 0.25) is 0 Å². The Labute approximate surface area is 262 Å². The SMILES string of the molecule is CC1(C)c2ccccc2-c2ccc3c(c2C1(C)C)c1c2ccccc2ccc1n3-c1nc2ccccc2nc1-c1ccccc1. The van der Waals surface area contributed by atoms with Gasteiger partial charge in [0.1, 0.15) is 5.69 Å². The third kappa shape index (κ3) is 3.47. The molecule has 0 saturated heterocycles. The van der Waals surface area contributed by atoms with Gasteiger partial charge in [0.25, 0.3) is 0 Å². The van der Waals surface area contributed by atoms with Crippen LogP contribution in [0.25, 0.3) is 71.8 Å². The molecule has 3 heteroatoms. The van der Waals surface area contributed by atoms with Gasteiger partial charge in [-0.05, 0) is 62.7 Å². The minimum Gasteiger partial charge on any atom is -0.292 e. The van der Waals surface area contributed by atoms with E-state index in [0.29, 0.717) is 0 Å². The van der Waals surface area contributed by atoms with Gasteiger partial charge in [-0.25, -0.2) is 9.97 Å². The third-order valence-corrected chi connectivity index (χ3v) is 10.7. The van der Waals surface area contributed by atoms with Gasteiger partial charge in [-0.2, -0.15) is 0 Å². The highest BCUT2D eigenvalue weighted by atomic mass is 15.1. The van der Waals surface area contributed by atoms with Gasteiger partial charge in [-0.3, -0.25) is 4.57 Å². The third-order valence-electron chi connectivity index (χ3n) is 10.7. The van der Waals surface area contributed by atoms with Gasteiger partial charge in [0, 0.05) is 21.8 Å². The maximum absolute atomic E-state index is 5.39. The van der Waals surface area contributed by atoms with Crippen molar-refractivity contribution in [2.75, 3.05) is 0 Å². The highest BCUT2D eigenvalue weighted by Crippen LogP contribution is 2.57. The lowest BCUT2D eigenvalue weighted by molar-refractivity contribution is 0.301. The Morgan fingerprint density at radius 3 is 1.98 bits per heavy atom. The molecule has 0 bridgehead atoms. The minimum atomic E-state index is -0.163. The smallest absolute Gasteiger partial charge is 0.165 e. The summed E-state index contributed by atoms with van der Waals surface area (Å²) in [5.41, 5.74) is 11.2. The first-order valence-electron chi connectivity index (χ1n) is 15.8. The fourth-order valence-electron chi connectivity index (χ4n) is 7.82. The second kappa shape index (κ2) is 9.12. The van der Waals surface area contributed by atoms with Gasteiger partial charge < -0.3 is 0 Å². The first-order chi connectivity index (χ1) is 21.9. The highest BCUT2D eigenvalue weighted by molar-refractivity contribution is 6.23. The molecule has 0 fully saturated rings. The Kier molecular flexibility index (Phi) is 5.30. The quantitative estimate of drug-likeness (QED) is 0.204. The van der Waals surface area contributed by atoms with Crippen LogP contribution in [0.3, 0.4) is 0 Å². The van der Waals surface area contributed by atoms with Gasteiger partial charge in [-0.15, -0.1) is 0 Å². The molecule has 0 unspecified atom stereocenters. The van der Waals surface area contributed by atoms with Gasteiger partial charge >= 0.3 is 0 Å². The molecule has 0 aliphatic heterocycles. The molecule has 2 aromatic heterocycles. The highest BCUT2D eigenvalue weighted by Gasteiger charge is 2.47. The van der Waals surface area contributed by atoms with E-state index in [-0.39, 0.29) is 10.8 Å². The molecule has 3 nitrogen and oxygen atoms in total. The fraction of sp³-hybridized carbons (Fsp3) is 0.143. The molecule has 0 atom stereocenters. The number of para-hydroxylation sites is 2. The van der Waals surface area contributed by atoms with Crippen LogP contribution < -0.4 is 0 Å². The summed E-state index contributed by atoms with van der Waals surface area (Å²) < 4.78 is 2.38. The average Bonchev–Trinajstić information content (AvgIpc) is 3.41. The number of hydrogen-bond acceptors (Lipinski definition) is 2. The van der Waals surface area contributed by atoms with Crippen molar-refractivity contribution in [3.8, 4) is 28.2 Å². The van der Waals surface area contributed by atoms with Crippen molar-refractivity contribution in [1.82, 2.24) is 14.5 Å². The topological polar surface area (TPSA) is 30.7 Å². The van der Waals surface area contributed by atoms with Crippen LogP contribution in [0.5, 0.6) is 0 Å². The Bertz CT molecular complexity index is 2480. The van der Waals surface area contributed by atoms with Crippen LogP contribution in [-0.2, 0) is 10.8 Å². The van der Waals surface area contributed by atoms with E-state index < -0.39 is 0 Å². The number of benzene rings is 6. The number of rotatable bonds is 2. The number of fused-ring (bicyclic) bond motifs is 10. The van der Waals surface area contributed by atoms with E-state index in [1.165, 1.54) is 43.8 Å². The van der Waals surface area contributed by atoms with Crippen LogP contribution in [0, 0.1) is 0 Å². The molecule has 0 spiro atoms. The second-order valence-corrected chi connectivity index (χ2v) is 13.4. The molecule has 0 amide bonds. The maximum atomic E-state index is 5.39. The fourth-order valence-corrected chi connectivity index (χ4v) is 7.82. The Morgan fingerprint density at radius 1 is 0.511 bits per heavy atom. The van der Waals surface area contributed by atoms with Gasteiger partial charge in [0.15, 0.2) is 5.82 Å². The maximum Gasteiger partial charge on any atom is 0.165 e. The van der Waals surface area contributed by atoms with Gasteiger partial charge in [0.2, 0.25) is 0 Å². The van der Waals surface area contributed by atoms with Crippen LogP contribution >= 0.6 is 0 Å². The molecule has 0 N–H and O–H groups in total. The minimum absolute atomic E-state index is 0.0954. The predicted molar refractivity (Wildman–Crippen MR) is 188 cm³/mol. The van der Waals surface area contributed by atoms with Crippen molar-refractivity contribution in [1.29, 1.82) is 0 Å². The summed E-state index contributed by atoms with van der Waals surface area (Å²) in [6.45, 7) is 9.68. The standard InChI is InChI=1S/C42H33N3/c1-41(2)31-19-11-10-18-29(31)30-23-25-35-37(38(30)42(41,3)4)36-28-17-9-8-14-26(28)22-24-34(36)45(35)40-39(27-15-6-5-7-16-27)43-32-20-12-13-21-33(32)44-40/h5-25H,1-4H3. The molecule has 8 aromatic rings. The molecule has 0 radical (unpaired) electrons. The summed E-state index contributed by atoms with van der Waals surface area (Å²) in [5.74, 6) is 0.850. The predicted octanol–water partition coefficient (Wildman–Crippen LogP) is 10.8. The van der Waals surface area contributed by atoms with Crippen LogP contribution in [0.1, 0.15) is 38.8 Å². The lowest BCUT2D eigenvalue weighted by Crippen LogP contribution is -2.43. The summed E-state index contributed by atoms with van der Waals surface area (Å²) in [6, 6.07) is 45.7. The van der Waals surface area contributed by atoms with Crippen LogP contribution in [0.15, 0.2) is 127 Å². The summed E-state index contributed by atoms with van der Waals surface area (Å²) in [6.07, 6.45) is 0. The number of aromatic nitrogens is 3. The van der Waals surface area contributed by atoms with E-state index in [9.17, 15) is 0 Å². The average molecular weight is 580 g/mol. The van der Waals surface area contributed by atoms with Crippen molar-refractivity contribution < 1.29 is 0 Å². The second-order valence-electron chi connectivity index (χ2n) is 13.4. The first kappa shape index (κ1) is 26.2. The molecule has 216 valence electrons. The molecule has 0 saturated carbocycles. The largest absolute Gasteiger partial charge is 0.292 e. The monoisotopic (exact) mass is 579 g/mol. The number of nitrogens with zero attached hydrogens (tertiary/aromatic N) is 3. The van der Waals surface area contributed by atoms with Crippen molar-refractivity contribution in [2.45, 2.75) is 38.5 Å². The van der Waals surface area contributed by atoms with Gasteiger partial charge in [-0.1, -0.05) is 131 Å². The van der Waals surface area contributed by atoms with Gasteiger partial charge in [0.05, 0.1) is 22.1 Å². The molecule has 45 heavy (non-hydrogen) atoms. The zero-order valence-corrected chi connectivity index (χ0v) is 26.0. The zero-order valence-electron chi connectivity index (χ0n) is 26.0. The van der Waals surface area contributed by atoms with Crippen LogP contribution in [0.4, 0.5) is 0 Å². The molecule has 1 aliphatic carbocycles. The first-order valence-corrected chi connectivity index (χ1v) is 15.8. The zero-order chi connectivity index (χ0) is 30.5. The lowest BCUT2D eigenvalue weighted by atomic mass is 9.55. The Morgan fingerprint density at radius 2 is 1.16 bits per heavy atom. The van der Waals surface area contributed by atoms with E-state index >= 15 is 0 Å². The van der Waals surface area contributed by atoms with E-state index in [0.717, 1.165) is 39.1 Å². The van der Waals surface area contributed by atoms with E-state index in [4.69, 9.17) is 9.97 Å². The lowest BCUT2D eigenvalue weighted by Gasteiger charge is -2.48. The summed E-state index contributed by atoms with van der Waals surface area (Å²) in [4.78, 5) is 10.7. The van der Waals surface area contributed by atoms with Crippen LogP contribution in [-0.4, -0.2) is 14.5 Å². The normalized spacial score (nSPS) is 15.0. The van der Waals surface area contributed by atoms with E-state index in [1.54, 1.807) is 0 Å². The molecule has 2 heterocycles. The summed E-state index contributed by atoms with van der Waals surface area (Å²) >= 11 is 0. The van der Waals surface area contributed by atoms with E-state index in [2.05, 4.69) is 148 Å². The number of hydrogen-bond donors (Lipinski definition) is 0. The van der Waals surface area contributed by atoms with Crippen molar-refractivity contribution in [3.63, 3.8) is 0 Å². The van der Waals surface area contributed by atoms with E-state index in [1.807, 2.05) is 12.1 Å². The summed E-state index contributed by atoms with van der Waals surface area (Å²) in [5, 5.41) is 5.08. The molecule has 6 aromatic carbocycles. The molecular weight excluding hydrogens is 546 g/mol. The summed E-state index contributed by atoms with van der Waals surface area (Å²) in [7, 11) is 0. The Balaban J connectivity index is 1.52.